The lowest BCUT2D eigenvalue weighted by Gasteiger charge is -2.23. The number of likely N-dealkylation sites (N-methyl/N-ethyl adjacent to an activating group) is 1. The Labute approximate surface area is 131 Å². The maximum Gasteiger partial charge on any atom is 0.222 e. The quantitative estimate of drug-likeness (QED) is 0.818. The zero-order valence-electron chi connectivity index (χ0n) is 12.2. The number of ether oxygens (including phenoxy) is 1. The third-order valence-electron chi connectivity index (χ3n) is 3.59. The molecule has 0 aliphatic carbocycles. The summed E-state index contributed by atoms with van der Waals surface area (Å²) in [6.07, 6.45) is 2.17. The number of carbonyl (C=O) groups excluding carboxylic acids is 1. The van der Waals surface area contributed by atoms with Crippen molar-refractivity contribution in [2.45, 2.75) is 25.3 Å². The highest BCUT2D eigenvalue weighted by Gasteiger charge is 2.22. The lowest BCUT2D eigenvalue weighted by molar-refractivity contribution is -0.131. The van der Waals surface area contributed by atoms with Crippen LogP contribution in [-0.4, -0.2) is 43.6 Å². The van der Waals surface area contributed by atoms with Gasteiger partial charge in [0, 0.05) is 26.1 Å². The summed E-state index contributed by atoms with van der Waals surface area (Å²) in [5.41, 5.74) is 0. The molecule has 1 atom stereocenters. The SMILES string of the molecule is CN(C(=O)CCCOc1ccc(F)cc1)C1CCNC1.Cl. The fraction of sp³-hybridized carbons (Fsp3) is 0.533. The third-order valence-corrected chi connectivity index (χ3v) is 3.59. The first-order valence-corrected chi connectivity index (χ1v) is 7.01. The lowest BCUT2D eigenvalue weighted by Crippen LogP contribution is -2.38. The topological polar surface area (TPSA) is 41.6 Å². The number of halogens is 2. The van der Waals surface area contributed by atoms with Gasteiger partial charge in [-0.1, -0.05) is 0 Å². The fourth-order valence-electron chi connectivity index (χ4n) is 2.29. The Morgan fingerprint density at radius 3 is 2.76 bits per heavy atom. The number of carbonyl (C=O) groups is 1. The van der Waals surface area contributed by atoms with E-state index in [4.69, 9.17) is 4.74 Å². The van der Waals surface area contributed by atoms with Crippen LogP contribution in [0.1, 0.15) is 19.3 Å². The van der Waals surface area contributed by atoms with Gasteiger partial charge in [-0.05, 0) is 43.7 Å². The maximum absolute atomic E-state index is 12.7. The highest BCUT2D eigenvalue weighted by molar-refractivity contribution is 5.85. The van der Waals surface area contributed by atoms with Crippen LogP contribution in [0.4, 0.5) is 4.39 Å². The van der Waals surface area contributed by atoms with Crippen LogP contribution in [0.3, 0.4) is 0 Å². The van der Waals surface area contributed by atoms with Crippen molar-refractivity contribution in [2.24, 2.45) is 0 Å². The highest BCUT2D eigenvalue weighted by atomic mass is 35.5. The first kappa shape index (κ1) is 17.7. The zero-order valence-corrected chi connectivity index (χ0v) is 13.0. The van der Waals surface area contributed by atoms with Crippen molar-refractivity contribution in [3.63, 3.8) is 0 Å². The molecule has 1 aliphatic rings. The van der Waals surface area contributed by atoms with Crippen LogP contribution in [0.25, 0.3) is 0 Å². The van der Waals surface area contributed by atoms with E-state index in [-0.39, 0.29) is 24.1 Å². The number of rotatable bonds is 6. The van der Waals surface area contributed by atoms with Crippen LogP contribution in [0.15, 0.2) is 24.3 Å². The molecule has 2 rings (SSSR count). The molecule has 1 fully saturated rings. The summed E-state index contributed by atoms with van der Waals surface area (Å²) in [5.74, 6) is 0.507. The normalized spacial score (nSPS) is 17.1. The van der Waals surface area contributed by atoms with Crippen LogP contribution >= 0.6 is 12.4 Å². The van der Waals surface area contributed by atoms with E-state index in [1.165, 1.54) is 12.1 Å². The van der Waals surface area contributed by atoms with E-state index in [0.717, 1.165) is 19.5 Å². The van der Waals surface area contributed by atoms with Crippen LogP contribution in [0.5, 0.6) is 5.75 Å². The molecule has 1 N–H and O–H groups in total. The summed E-state index contributed by atoms with van der Waals surface area (Å²) in [5, 5.41) is 3.25. The molecule has 1 heterocycles. The number of amides is 1. The molecular weight excluding hydrogens is 295 g/mol. The molecule has 0 spiro atoms. The fourth-order valence-corrected chi connectivity index (χ4v) is 2.29. The zero-order chi connectivity index (χ0) is 14.4. The molecule has 1 aromatic rings. The van der Waals surface area contributed by atoms with Crippen LogP contribution in [0, 0.1) is 5.82 Å². The minimum atomic E-state index is -0.278. The van der Waals surface area contributed by atoms with E-state index in [2.05, 4.69) is 5.32 Å². The van der Waals surface area contributed by atoms with Gasteiger partial charge in [0.2, 0.25) is 5.91 Å². The van der Waals surface area contributed by atoms with Crippen LogP contribution in [-0.2, 0) is 4.79 Å². The number of nitrogens with one attached hydrogen (secondary N) is 1. The highest BCUT2D eigenvalue weighted by Crippen LogP contribution is 2.12. The Morgan fingerprint density at radius 2 is 2.14 bits per heavy atom. The number of benzene rings is 1. The second-order valence-electron chi connectivity index (χ2n) is 5.06. The minimum Gasteiger partial charge on any atom is -0.494 e. The molecule has 1 aromatic carbocycles. The van der Waals surface area contributed by atoms with Gasteiger partial charge in [-0.2, -0.15) is 0 Å². The van der Waals surface area contributed by atoms with Crippen molar-refractivity contribution >= 4 is 18.3 Å². The van der Waals surface area contributed by atoms with Crippen molar-refractivity contribution in [2.75, 3.05) is 26.7 Å². The summed E-state index contributed by atoms with van der Waals surface area (Å²) in [4.78, 5) is 13.8. The number of hydrogen-bond donors (Lipinski definition) is 1. The summed E-state index contributed by atoms with van der Waals surface area (Å²) in [7, 11) is 1.86. The molecule has 1 saturated heterocycles. The van der Waals surface area contributed by atoms with Gasteiger partial charge >= 0.3 is 0 Å². The van der Waals surface area contributed by atoms with Gasteiger partial charge in [0.05, 0.1) is 6.61 Å². The molecule has 4 nitrogen and oxygen atoms in total. The standard InChI is InChI=1S/C15H21FN2O2.ClH/c1-18(13-8-9-17-11-13)15(19)3-2-10-20-14-6-4-12(16)5-7-14;/h4-7,13,17H,2-3,8-11H2,1H3;1H. The van der Waals surface area contributed by atoms with Crippen molar-refractivity contribution in [3.05, 3.63) is 30.1 Å². The molecule has 0 aromatic heterocycles. The molecule has 0 radical (unpaired) electrons. The monoisotopic (exact) mass is 316 g/mol. The Bertz CT molecular complexity index is 436. The lowest BCUT2D eigenvalue weighted by atomic mass is 10.2. The van der Waals surface area contributed by atoms with Gasteiger partial charge in [0.1, 0.15) is 11.6 Å². The largest absolute Gasteiger partial charge is 0.494 e. The average molecular weight is 317 g/mol. The van der Waals surface area contributed by atoms with Gasteiger partial charge in [-0.25, -0.2) is 4.39 Å². The first-order valence-electron chi connectivity index (χ1n) is 7.01. The molecule has 21 heavy (non-hydrogen) atoms. The summed E-state index contributed by atoms with van der Waals surface area (Å²) in [6.45, 7) is 2.33. The van der Waals surface area contributed by atoms with E-state index in [1.54, 1.807) is 12.1 Å². The average Bonchev–Trinajstić information content (AvgIpc) is 2.98. The van der Waals surface area contributed by atoms with Crippen LogP contribution < -0.4 is 10.1 Å². The van der Waals surface area contributed by atoms with Crippen molar-refractivity contribution in [1.29, 1.82) is 0 Å². The first-order chi connectivity index (χ1) is 9.66. The second-order valence-corrected chi connectivity index (χ2v) is 5.06. The van der Waals surface area contributed by atoms with Crippen molar-refractivity contribution < 1.29 is 13.9 Å². The number of hydrogen-bond acceptors (Lipinski definition) is 3. The van der Waals surface area contributed by atoms with E-state index in [0.29, 0.717) is 31.2 Å². The van der Waals surface area contributed by atoms with Gasteiger partial charge in [0.25, 0.3) is 0 Å². The van der Waals surface area contributed by atoms with E-state index >= 15 is 0 Å². The smallest absolute Gasteiger partial charge is 0.222 e. The Balaban J connectivity index is 0.00000220. The Kier molecular flexibility index (Phi) is 7.47. The summed E-state index contributed by atoms with van der Waals surface area (Å²) >= 11 is 0. The minimum absolute atomic E-state index is 0. The summed E-state index contributed by atoms with van der Waals surface area (Å²) < 4.78 is 18.2. The molecule has 118 valence electrons. The van der Waals surface area contributed by atoms with Crippen LogP contribution in [0.2, 0.25) is 0 Å². The third kappa shape index (κ3) is 5.52. The van der Waals surface area contributed by atoms with E-state index in [9.17, 15) is 9.18 Å². The van der Waals surface area contributed by atoms with Gasteiger partial charge in [-0.3, -0.25) is 4.79 Å². The Morgan fingerprint density at radius 1 is 1.43 bits per heavy atom. The molecule has 1 unspecified atom stereocenters. The van der Waals surface area contributed by atoms with E-state index in [1.807, 2.05) is 11.9 Å². The molecule has 0 bridgehead atoms. The molecular formula is C15H22ClFN2O2. The van der Waals surface area contributed by atoms with Gasteiger partial charge in [0.15, 0.2) is 0 Å². The maximum atomic E-state index is 12.7. The molecule has 6 heteroatoms. The predicted octanol–water partition coefficient (Wildman–Crippen LogP) is 2.23. The van der Waals surface area contributed by atoms with Gasteiger partial charge < -0.3 is 15.0 Å². The van der Waals surface area contributed by atoms with Crippen molar-refractivity contribution in [3.8, 4) is 5.75 Å². The number of nitrogens with zero attached hydrogens (tertiary/aromatic N) is 1. The predicted molar refractivity (Wildman–Crippen MR) is 82.4 cm³/mol. The van der Waals surface area contributed by atoms with Gasteiger partial charge in [-0.15, -0.1) is 12.4 Å². The molecule has 0 saturated carbocycles. The molecule has 1 aliphatic heterocycles. The molecule has 1 amide bonds. The second kappa shape index (κ2) is 8.85. The Hall–Kier alpha value is -1.33. The summed E-state index contributed by atoms with van der Waals surface area (Å²) in [6, 6.07) is 6.23. The van der Waals surface area contributed by atoms with E-state index < -0.39 is 0 Å². The van der Waals surface area contributed by atoms with Crippen molar-refractivity contribution in [1.82, 2.24) is 10.2 Å².